The van der Waals surface area contributed by atoms with Gasteiger partial charge in [-0.3, -0.25) is 4.90 Å². The molecule has 1 N–H and O–H groups in total. The smallest absolute Gasteiger partial charge is 0.241 e. The summed E-state index contributed by atoms with van der Waals surface area (Å²) in [4.78, 5) is 6.83. The van der Waals surface area contributed by atoms with Gasteiger partial charge in [0.25, 0.3) is 0 Å². The van der Waals surface area contributed by atoms with Crippen LogP contribution in [0.5, 0.6) is 5.75 Å². The largest absolute Gasteiger partial charge is 0.497 e. The highest BCUT2D eigenvalue weighted by molar-refractivity contribution is 5.55. The number of hydrogen-bond acceptors (Lipinski definition) is 6. The minimum atomic E-state index is 0.482. The Hall–Kier alpha value is -1.92. The number of rotatable bonds is 4. The molecule has 0 aliphatic carbocycles. The van der Waals surface area contributed by atoms with Crippen molar-refractivity contribution in [3.05, 3.63) is 30.2 Å². The second kappa shape index (κ2) is 6.24. The molecule has 1 aromatic carbocycles. The van der Waals surface area contributed by atoms with E-state index in [1.54, 1.807) is 7.11 Å². The van der Waals surface area contributed by atoms with E-state index < -0.39 is 0 Å². The first-order chi connectivity index (χ1) is 10.3. The van der Waals surface area contributed by atoms with Gasteiger partial charge in [0.15, 0.2) is 0 Å². The molecule has 6 heteroatoms. The van der Waals surface area contributed by atoms with Crippen molar-refractivity contribution in [3.63, 3.8) is 0 Å². The highest BCUT2D eigenvalue weighted by Gasteiger charge is 2.20. The average molecular weight is 288 g/mol. The Labute approximate surface area is 124 Å². The molecule has 1 aliphatic rings. The van der Waals surface area contributed by atoms with E-state index in [1.807, 2.05) is 24.3 Å². The second-order valence-corrected chi connectivity index (χ2v) is 5.26. The summed E-state index contributed by atoms with van der Waals surface area (Å²) >= 11 is 0. The van der Waals surface area contributed by atoms with Crippen LogP contribution in [0.25, 0.3) is 11.4 Å². The number of hydrogen-bond donors (Lipinski definition) is 1. The molecule has 1 atom stereocenters. The maximum atomic E-state index is 5.37. The second-order valence-electron chi connectivity index (χ2n) is 5.26. The molecule has 1 aliphatic heterocycles. The SMILES string of the molecule is COc1ccc(-c2noc(CN3CCNCC3C)n2)cc1. The van der Waals surface area contributed by atoms with Crippen molar-refractivity contribution in [3.8, 4) is 17.1 Å². The Balaban J connectivity index is 1.70. The minimum absolute atomic E-state index is 0.482. The number of piperazine rings is 1. The number of nitrogens with zero attached hydrogens (tertiary/aromatic N) is 3. The van der Waals surface area contributed by atoms with Crippen molar-refractivity contribution in [2.45, 2.75) is 19.5 Å². The first kappa shape index (κ1) is 14.0. The van der Waals surface area contributed by atoms with Crippen LogP contribution < -0.4 is 10.1 Å². The van der Waals surface area contributed by atoms with Crippen molar-refractivity contribution in [2.75, 3.05) is 26.7 Å². The van der Waals surface area contributed by atoms with E-state index in [0.717, 1.165) is 30.9 Å². The van der Waals surface area contributed by atoms with Gasteiger partial charge in [-0.2, -0.15) is 4.98 Å². The first-order valence-corrected chi connectivity index (χ1v) is 7.18. The van der Waals surface area contributed by atoms with Crippen LogP contribution in [0.1, 0.15) is 12.8 Å². The summed E-state index contributed by atoms with van der Waals surface area (Å²) in [6, 6.07) is 8.13. The Kier molecular flexibility index (Phi) is 4.17. The van der Waals surface area contributed by atoms with Gasteiger partial charge in [-0.25, -0.2) is 0 Å². The Bertz CT molecular complexity index is 582. The Morgan fingerprint density at radius 2 is 2.19 bits per heavy atom. The fourth-order valence-corrected chi connectivity index (χ4v) is 2.47. The molecule has 0 radical (unpaired) electrons. The van der Waals surface area contributed by atoms with Gasteiger partial charge in [-0.05, 0) is 31.2 Å². The van der Waals surface area contributed by atoms with Crippen LogP contribution >= 0.6 is 0 Å². The number of nitrogens with one attached hydrogen (secondary N) is 1. The molecule has 0 amide bonds. The van der Waals surface area contributed by atoms with Gasteiger partial charge in [0.05, 0.1) is 13.7 Å². The average Bonchev–Trinajstić information content (AvgIpc) is 2.98. The number of ether oxygens (including phenoxy) is 1. The van der Waals surface area contributed by atoms with Gasteiger partial charge in [-0.1, -0.05) is 5.16 Å². The molecule has 21 heavy (non-hydrogen) atoms. The van der Waals surface area contributed by atoms with E-state index in [0.29, 0.717) is 24.3 Å². The zero-order valence-corrected chi connectivity index (χ0v) is 12.4. The summed E-state index contributed by atoms with van der Waals surface area (Å²) in [5.41, 5.74) is 0.930. The highest BCUT2D eigenvalue weighted by Crippen LogP contribution is 2.20. The van der Waals surface area contributed by atoms with E-state index in [2.05, 4.69) is 27.3 Å². The Morgan fingerprint density at radius 1 is 1.38 bits per heavy atom. The van der Waals surface area contributed by atoms with Crippen LogP contribution in [0.3, 0.4) is 0 Å². The summed E-state index contributed by atoms with van der Waals surface area (Å²) < 4.78 is 10.5. The van der Waals surface area contributed by atoms with Crippen molar-refractivity contribution in [1.29, 1.82) is 0 Å². The summed E-state index contributed by atoms with van der Waals surface area (Å²) in [6.45, 7) is 5.91. The van der Waals surface area contributed by atoms with Crippen LogP contribution in [0, 0.1) is 0 Å². The zero-order valence-electron chi connectivity index (χ0n) is 12.4. The fourth-order valence-electron chi connectivity index (χ4n) is 2.47. The molecule has 112 valence electrons. The molecule has 2 aromatic rings. The number of benzene rings is 1. The number of aromatic nitrogens is 2. The highest BCUT2D eigenvalue weighted by atomic mass is 16.5. The van der Waals surface area contributed by atoms with E-state index in [1.165, 1.54) is 0 Å². The Morgan fingerprint density at radius 3 is 2.90 bits per heavy atom. The van der Waals surface area contributed by atoms with Gasteiger partial charge in [-0.15, -0.1) is 0 Å². The van der Waals surface area contributed by atoms with Gasteiger partial charge in [0, 0.05) is 31.2 Å². The standard InChI is InChI=1S/C15H20N4O2/c1-11-9-16-7-8-19(11)10-14-17-15(18-21-14)12-3-5-13(20-2)6-4-12/h3-6,11,16H,7-10H2,1-2H3. The molecule has 0 saturated carbocycles. The van der Waals surface area contributed by atoms with Crippen molar-refractivity contribution >= 4 is 0 Å². The van der Waals surface area contributed by atoms with Gasteiger partial charge >= 0.3 is 0 Å². The predicted molar refractivity (Wildman–Crippen MR) is 79.0 cm³/mol. The maximum absolute atomic E-state index is 5.37. The third-order valence-electron chi connectivity index (χ3n) is 3.79. The molecule has 0 spiro atoms. The van der Waals surface area contributed by atoms with Crippen LogP contribution in [-0.2, 0) is 6.54 Å². The third kappa shape index (κ3) is 3.22. The summed E-state index contributed by atoms with van der Waals surface area (Å²) in [5.74, 6) is 2.10. The van der Waals surface area contributed by atoms with Crippen molar-refractivity contribution < 1.29 is 9.26 Å². The lowest BCUT2D eigenvalue weighted by Crippen LogP contribution is -2.49. The molecular weight excluding hydrogens is 268 g/mol. The van der Waals surface area contributed by atoms with E-state index >= 15 is 0 Å². The van der Waals surface area contributed by atoms with E-state index in [9.17, 15) is 0 Å². The molecule has 1 saturated heterocycles. The summed E-state index contributed by atoms with van der Waals surface area (Å²) in [7, 11) is 1.65. The molecule has 1 aromatic heterocycles. The normalized spacial score (nSPS) is 19.6. The maximum Gasteiger partial charge on any atom is 0.241 e. The van der Waals surface area contributed by atoms with E-state index in [-0.39, 0.29) is 0 Å². The summed E-state index contributed by atoms with van der Waals surface area (Å²) in [6.07, 6.45) is 0. The predicted octanol–water partition coefficient (Wildman–Crippen LogP) is 1.54. The molecule has 2 heterocycles. The number of methoxy groups -OCH3 is 1. The van der Waals surface area contributed by atoms with Crippen LogP contribution in [-0.4, -0.2) is 47.8 Å². The third-order valence-corrected chi connectivity index (χ3v) is 3.79. The van der Waals surface area contributed by atoms with Gasteiger partial charge in [0.1, 0.15) is 5.75 Å². The molecule has 3 rings (SSSR count). The van der Waals surface area contributed by atoms with E-state index in [4.69, 9.17) is 9.26 Å². The molecule has 1 fully saturated rings. The lowest BCUT2D eigenvalue weighted by Gasteiger charge is -2.32. The molecule has 6 nitrogen and oxygen atoms in total. The monoisotopic (exact) mass is 288 g/mol. The lowest BCUT2D eigenvalue weighted by atomic mass is 10.2. The molecule has 1 unspecified atom stereocenters. The van der Waals surface area contributed by atoms with Crippen molar-refractivity contribution in [2.24, 2.45) is 0 Å². The van der Waals surface area contributed by atoms with Crippen LogP contribution in [0.2, 0.25) is 0 Å². The molecule has 0 bridgehead atoms. The topological polar surface area (TPSA) is 63.4 Å². The van der Waals surface area contributed by atoms with Crippen LogP contribution in [0.4, 0.5) is 0 Å². The first-order valence-electron chi connectivity index (χ1n) is 7.18. The fraction of sp³-hybridized carbons (Fsp3) is 0.467. The van der Waals surface area contributed by atoms with Crippen LogP contribution in [0.15, 0.2) is 28.8 Å². The molecular formula is C15H20N4O2. The lowest BCUT2D eigenvalue weighted by molar-refractivity contribution is 0.146. The van der Waals surface area contributed by atoms with Crippen molar-refractivity contribution in [1.82, 2.24) is 20.4 Å². The van der Waals surface area contributed by atoms with Gasteiger partial charge < -0.3 is 14.6 Å². The minimum Gasteiger partial charge on any atom is -0.497 e. The quantitative estimate of drug-likeness (QED) is 0.920. The van der Waals surface area contributed by atoms with Gasteiger partial charge in [0.2, 0.25) is 11.7 Å². The zero-order chi connectivity index (χ0) is 14.7. The summed E-state index contributed by atoms with van der Waals surface area (Å²) in [5, 5.41) is 7.44.